The van der Waals surface area contributed by atoms with Gasteiger partial charge in [-0.3, -0.25) is 0 Å². The first-order valence-electron chi connectivity index (χ1n) is 9.51. The van der Waals surface area contributed by atoms with Gasteiger partial charge < -0.3 is 19.6 Å². The molecule has 1 amide bonds. The molecular formula is C20H29F3N2O3. The number of aliphatic hydroxyl groups excluding tert-OH is 1. The molecule has 1 heterocycles. The Morgan fingerprint density at radius 1 is 1.25 bits per heavy atom. The Morgan fingerprint density at radius 3 is 2.32 bits per heavy atom. The lowest BCUT2D eigenvalue weighted by Gasteiger charge is -2.40. The van der Waals surface area contributed by atoms with Gasteiger partial charge in [-0.25, -0.2) is 4.79 Å². The predicted octanol–water partition coefficient (Wildman–Crippen LogP) is 4.42. The standard InChI is InChI=1S/C20H29F3N2O3/c1-5-25(17-7-6-15(20(21,22)23)12-14(17)13-26)16-8-10-24(11-9-16)18(27)28-19(2,3)4/h6-7,12,16,26H,5,8-11,13H2,1-4H3. The topological polar surface area (TPSA) is 53.0 Å². The highest BCUT2D eigenvalue weighted by molar-refractivity contribution is 5.68. The summed E-state index contributed by atoms with van der Waals surface area (Å²) in [4.78, 5) is 15.9. The van der Waals surface area contributed by atoms with Crippen LogP contribution in [0.2, 0.25) is 0 Å². The molecule has 0 bridgehead atoms. The van der Waals surface area contributed by atoms with Crippen LogP contribution >= 0.6 is 0 Å². The Morgan fingerprint density at radius 2 is 1.86 bits per heavy atom. The zero-order chi connectivity index (χ0) is 21.1. The number of rotatable bonds is 4. The summed E-state index contributed by atoms with van der Waals surface area (Å²) in [5.74, 6) is 0. The van der Waals surface area contributed by atoms with E-state index in [1.807, 2.05) is 32.6 Å². The summed E-state index contributed by atoms with van der Waals surface area (Å²) in [5.41, 5.74) is -0.462. The summed E-state index contributed by atoms with van der Waals surface area (Å²) in [7, 11) is 0. The molecule has 0 aromatic heterocycles. The number of likely N-dealkylation sites (tertiary alicyclic amines) is 1. The molecule has 1 fully saturated rings. The molecule has 1 aliphatic rings. The summed E-state index contributed by atoms with van der Waals surface area (Å²) < 4.78 is 44.3. The maximum atomic E-state index is 13.0. The molecule has 28 heavy (non-hydrogen) atoms. The van der Waals surface area contributed by atoms with Gasteiger partial charge in [-0.1, -0.05) is 0 Å². The third kappa shape index (κ3) is 5.53. The second-order valence-corrected chi connectivity index (χ2v) is 7.98. The molecule has 0 unspecified atom stereocenters. The Bertz CT molecular complexity index is 678. The van der Waals surface area contributed by atoms with Gasteiger partial charge in [-0.05, 0) is 58.7 Å². The highest BCUT2D eigenvalue weighted by Crippen LogP contribution is 2.34. The first-order valence-corrected chi connectivity index (χ1v) is 9.51. The third-order valence-electron chi connectivity index (χ3n) is 4.78. The molecule has 158 valence electrons. The van der Waals surface area contributed by atoms with E-state index in [2.05, 4.69) is 0 Å². The number of nitrogens with zero attached hydrogens (tertiary/aromatic N) is 2. The van der Waals surface area contributed by atoms with E-state index in [1.165, 1.54) is 6.07 Å². The number of piperidine rings is 1. The van der Waals surface area contributed by atoms with Gasteiger partial charge in [0.1, 0.15) is 5.60 Å². The van der Waals surface area contributed by atoms with Crippen LogP contribution in [0.15, 0.2) is 18.2 Å². The van der Waals surface area contributed by atoms with Crippen LogP contribution < -0.4 is 4.90 Å². The van der Waals surface area contributed by atoms with E-state index in [-0.39, 0.29) is 17.7 Å². The highest BCUT2D eigenvalue weighted by atomic mass is 19.4. The van der Waals surface area contributed by atoms with Crippen molar-refractivity contribution < 1.29 is 27.8 Å². The summed E-state index contributed by atoms with van der Waals surface area (Å²) in [6.07, 6.45) is -3.43. The number of alkyl halides is 3. The predicted molar refractivity (Wildman–Crippen MR) is 101 cm³/mol. The number of carbonyl (C=O) groups excluding carboxylic acids is 1. The van der Waals surface area contributed by atoms with E-state index in [9.17, 15) is 23.1 Å². The molecule has 1 aromatic rings. The van der Waals surface area contributed by atoms with Gasteiger partial charge in [0.15, 0.2) is 0 Å². The molecule has 1 saturated heterocycles. The van der Waals surface area contributed by atoms with E-state index in [0.717, 1.165) is 12.1 Å². The van der Waals surface area contributed by atoms with Gasteiger partial charge >= 0.3 is 12.3 Å². The number of ether oxygens (including phenoxy) is 1. The second-order valence-electron chi connectivity index (χ2n) is 7.98. The van der Waals surface area contributed by atoms with E-state index in [4.69, 9.17) is 4.74 Å². The van der Waals surface area contributed by atoms with Crippen molar-refractivity contribution in [3.63, 3.8) is 0 Å². The molecule has 8 heteroatoms. The number of halogens is 3. The van der Waals surface area contributed by atoms with E-state index < -0.39 is 23.9 Å². The Labute approximate surface area is 164 Å². The molecule has 0 saturated carbocycles. The molecule has 1 aromatic carbocycles. The first-order chi connectivity index (χ1) is 13.0. The van der Waals surface area contributed by atoms with Crippen molar-refractivity contribution in [2.24, 2.45) is 0 Å². The minimum absolute atomic E-state index is 0.0747. The van der Waals surface area contributed by atoms with Crippen molar-refractivity contribution >= 4 is 11.8 Å². The Kier molecular flexibility index (Phi) is 6.85. The van der Waals surface area contributed by atoms with Crippen molar-refractivity contribution in [3.05, 3.63) is 29.3 Å². The van der Waals surface area contributed by atoms with E-state index >= 15 is 0 Å². The zero-order valence-corrected chi connectivity index (χ0v) is 16.8. The highest BCUT2D eigenvalue weighted by Gasteiger charge is 2.33. The monoisotopic (exact) mass is 402 g/mol. The van der Waals surface area contributed by atoms with Crippen LogP contribution in [0.1, 0.15) is 51.7 Å². The van der Waals surface area contributed by atoms with Gasteiger partial charge in [0.05, 0.1) is 12.2 Å². The fraction of sp³-hybridized carbons (Fsp3) is 0.650. The Hall–Kier alpha value is -1.96. The molecule has 1 aliphatic heterocycles. The van der Waals surface area contributed by atoms with Crippen molar-refractivity contribution in [2.45, 2.75) is 65.0 Å². The quantitative estimate of drug-likeness (QED) is 0.810. The number of benzene rings is 1. The zero-order valence-electron chi connectivity index (χ0n) is 16.8. The molecule has 0 radical (unpaired) electrons. The number of hydrogen-bond acceptors (Lipinski definition) is 4. The number of aliphatic hydroxyl groups is 1. The Balaban J connectivity index is 2.12. The molecule has 5 nitrogen and oxygen atoms in total. The average Bonchev–Trinajstić information content (AvgIpc) is 2.60. The summed E-state index contributed by atoms with van der Waals surface area (Å²) in [6, 6.07) is 3.56. The minimum atomic E-state index is -4.45. The number of carbonyl (C=O) groups is 1. The lowest BCUT2D eigenvalue weighted by Crippen LogP contribution is -2.48. The summed E-state index contributed by atoms with van der Waals surface area (Å²) in [6.45, 7) is 8.55. The summed E-state index contributed by atoms with van der Waals surface area (Å²) in [5, 5.41) is 9.61. The van der Waals surface area contributed by atoms with Crippen LogP contribution in [0.3, 0.4) is 0 Å². The average molecular weight is 402 g/mol. The molecule has 0 aliphatic carbocycles. The van der Waals surface area contributed by atoms with Gasteiger partial charge in [0.2, 0.25) is 0 Å². The van der Waals surface area contributed by atoms with Crippen molar-refractivity contribution in [3.8, 4) is 0 Å². The van der Waals surface area contributed by atoms with Crippen molar-refractivity contribution in [1.29, 1.82) is 0 Å². The van der Waals surface area contributed by atoms with Crippen molar-refractivity contribution in [2.75, 3.05) is 24.5 Å². The molecule has 0 atom stereocenters. The maximum Gasteiger partial charge on any atom is 0.416 e. The smallest absolute Gasteiger partial charge is 0.416 e. The number of anilines is 1. The lowest BCUT2D eigenvalue weighted by molar-refractivity contribution is -0.137. The normalized spacial score (nSPS) is 16.2. The first kappa shape index (κ1) is 22.3. The third-order valence-corrected chi connectivity index (χ3v) is 4.78. The molecule has 0 spiro atoms. The molecular weight excluding hydrogens is 373 g/mol. The lowest BCUT2D eigenvalue weighted by atomic mass is 10.00. The largest absolute Gasteiger partial charge is 0.444 e. The van der Waals surface area contributed by atoms with Gasteiger partial charge in [0, 0.05) is 36.9 Å². The number of amides is 1. The fourth-order valence-corrected chi connectivity index (χ4v) is 3.48. The van der Waals surface area contributed by atoms with Crippen LogP contribution in [0.25, 0.3) is 0 Å². The van der Waals surface area contributed by atoms with Gasteiger partial charge in [-0.15, -0.1) is 0 Å². The van der Waals surface area contributed by atoms with Crippen LogP contribution in [-0.2, 0) is 17.5 Å². The second kappa shape index (κ2) is 8.59. The van der Waals surface area contributed by atoms with Gasteiger partial charge in [-0.2, -0.15) is 13.2 Å². The summed E-state index contributed by atoms with van der Waals surface area (Å²) >= 11 is 0. The van der Waals surface area contributed by atoms with Crippen LogP contribution in [0, 0.1) is 0 Å². The minimum Gasteiger partial charge on any atom is -0.444 e. The molecule has 1 N–H and O–H groups in total. The van der Waals surface area contributed by atoms with Crippen LogP contribution in [-0.4, -0.2) is 47.4 Å². The van der Waals surface area contributed by atoms with Gasteiger partial charge in [0.25, 0.3) is 0 Å². The number of hydrogen-bond donors (Lipinski definition) is 1. The van der Waals surface area contributed by atoms with Crippen LogP contribution in [0.5, 0.6) is 0 Å². The van der Waals surface area contributed by atoms with Crippen LogP contribution in [0.4, 0.5) is 23.7 Å². The van der Waals surface area contributed by atoms with Crippen molar-refractivity contribution in [1.82, 2.24) is 4.90 Å². The fourth-order valence-electron chi connectivity index (χ4n) is 3.48. The SMILES string of the molecule is CCN(c1ccc(C(F)(F)F)cc1CO)C1CCN(C(=O)OC(C)(C)C)CC1. The van der Waals surface area contributed by atoms with E-state index in [1.54, 1.807) is 4.90 Å². The van der Waals surface area contributed by atoms with E-state index in [0.29, 0.717) is 38.2 Å². The maximum absolute atomic E-state index is 13.0. The molecule has 2 rings (SSSR count).